The maximum absolute atomic E-state index is 11.5. The molecule has 0 radical (unpaired) electrons. The van der Waals surface area contributed by atoms with Crippen molar-refractivity contribution >= 4 is 22.6 Å². The molecule has 2 rings (SSSR count). The second-order valence-corrected chi connectivity index (χ2v) is 3.00. The number of benzene rings is 1. The number of aliphatic imine (C=N–C) groups is 1. The van der Waals surface area contributed by atoms with Gasteiger partial charge in [0.1, 0.15) is 0 Å². The standard InChI is InChI=1S/C10H9N3O2/c11-10(12)13-8-5-6-3-1-2-4-7(6)9(14)15-8/h1-5H,(H4,11,12,13). The third-order valence-electron chi connectivity index (χ3n) is 1.90. The van der Waals surface area contributed by atoms with Crippen LogP contribution < -0.4 is 17.1 Å². The number of nitrogens with zero attached hydrogens (tertiary/aromatic N) is 1. The Hall–Kier alpha value is -2.30. The van der Waals surface area contributed by atoms with Crippen molar-refractivity contribution in [3.63, 3.8) is 0 Å². The van der Waals surface area contributed by atoms with Crippen LogP contribution in [0.3, 0.4) is 0 Å². The lowest BCUT2D eigenvalue weighted by molar-refractivity contribution is 0.531. The molecule has 1 aromatic carbocycles. The second kappa shape index (κ2) is 3.45. The quantitative estimate of drug-likeness (QED) is 0.526. The van der Waals surface area contributed by atoms with Gasteiger partial charge in [0, 0.05) is 6.07 Å². The molecule has 1 aromatic heterocycles. The van der Waals surface area contributed by atoms with E-state index in [9.17, 15) is 4.79 Å². The van der Waals surface area contributed by atoms with Crippen molar-refractivity contribution < 1.29 is 4.42 Å². The van der Waals surface area contributed by atoms with E-state index in [1.165, 1.54) is 0 Å². The minimum atomic E-state index is -0.451. The topological polar surface area (TPSA) is 94.6 Å². The van der Waals surface area contributed by atoms with Crippen LogP contribution in [0, 0.1) is 0 Å². The summed E-state index contributed by atoms with van der Waals surface area (Å²) >= 11 is 0. The predicted molar refractivity (Wildman–Crippen MR) is 58.0 cm³/mol. The number of rotatable bonds is 1. The Morgan fingerprint density at radius 3 is 2.73 bits per heavy atom. The van der Waals surface area contributed by atoms with Gasteiger partial charge < -0.3 is 15.9 Å². The molecule has 0 amide bonds. The normalized spacial score (nSPS) is 10.1. The minimum absolute atomic E-state index is 0.110. The number of hydrogen-bond acceptors (Lipinski definition) is 3. The molecule has 0 fully saturated rings. The summed E-state index contributed by atoms with van der Waals surface area (Å²) in [5, 5.41) is 1.25. The molecule has 76 valence electrons. The molecule has 0 aliphatic carbocycles. The van der Waals surface area contributed by atoms with Crippen LogP contribution in [0.15, 0.2) is 44.5 Å². The molecule has 2 aromatic rings. The van der Waals surface area contributed by atoms with Gasteiger partial charge in [-0.3, -0.25) is 0 Å². The lowest BCUT2D eigenvalue weighted by Gasteiger charge is -1.97. The summed E-state index contributed by atoms with van der Waals surface area (Å²) in [6.45, 7) is 0. The summed E-state index contributed by atoms with van der Waals surface area (Å²) in [4.78, 5) is 15.1. The molecule has 0 atom stereocenters. The van der Waals surface area contributed by atoms with Gasteiger partial charge in [0.05, 0.1) is 5.39 Å². The molecular weight excluding hydrogens is 194 g/mol. The molecule has 1 heterocycles. The van der Waals surface area contributed by atoms with E-state index in [0.29, 0.717) is 5.39 Å². The first-order chi connectivity index (χ1) is 7.16. The lowest BCUT2D eigenvalue weighted by Crippen LogP contribution is -2.22. The Bertz CT molecular complexity index is 582. The van der Waals surface area contributed by atoms with E-state index in [0.717, 1.165) is 5.39 Å². The smallest absolute Gasteiger partial charge is 0.345 e. The summed E-state index contributed by atoms with van der Waals surface area (Å²) in [5.41, 5.74) is 9.92. The summed E-state index contributed by atoms with van der Waals surface area (Å²) < 4.78 is 4.90. The third kappa shape index (κ3) is 1.80. The zero-order valence-corrected chi connectivity index (χ0v) is 7.81. The molecule has 0 saturated carbocycles. The van der Waals surface area contributed by atoms with Crippen LogP contribution in [0.5, 0.6) is 0 Å². The highest BCUT2D eigenvalue weighted by atomic mass is 16.4. The van der Waals surface area contributed by atoms with E-state index in [1.807, 2.05) is 6.07 Å². The molecule has 0 aliphatic rings. The van der Waals surface area contributed by atoms with E-state index in [-0.39, 0.29) is 11.8 Å². The van der Waals surface area contributed by atoms with Gasteiger partial charge in [0.15, 0.2) is 5.96 Å². The van der Waals surface area contributed by atoms with Crippen LogP contribution in [0.2, 0.25) is 0 Å². The molecule has 0 bridgehead atoms. The summed E-state index contributed by atoms with van der Waals surface area (Å²) in [5.74, 6) is -0.0351. The number of nitrogens with two attached hydrogens (primary N) is 2. The fraction of sp³-hybridized carbons (Fsp3) is 0. The Morgan fingerprint density at radius 2 is 2.00 bits per heavy atom. The second-order valence-electron chi connectivity index (χ2n) is 3.00. The van der Waals surface area contributed by atoms with Gasteiger partial charge in [-0.1, -0.05) is 18.2 Å². The van der Waals surface area contributed by atoms with E-state index < -0.39 is 5.63 Å². The molecular formula is C10H9N3O2. The Kier molecular flexibility index (Phi) is 2.13. The van der Waals surface area contributed by atoms with Crippen molar-refractivity contribution in [1.29, 1.82) is 0 Å². The Morgan fingerprint density at radius 1 is 1.27 bits per heavy atom. The van der Waals surface area contributed by atoms with Crippen molar-refractivity contribution in [3.8, 4) is 0 Å². The molecule has 0 aliphatic heterocycles. The highest BCUT2D eigenvalue weighted by Gasteiger charge is 2.02. The van der Waals surface area contributed by atoms with Crippen LogP contribution >= 0.6 is 0 Å². The predicted octanol–water partition coefficient (Wildman–Crippen LogP) is 0.698. The molecule has 0 spiro atoms. The van der Waals surface area contributed by atoms with Crippen LogP contribution in [0.4, 0.5) is 5.88 Å². The van der Waals surface area contributed by atoms with Crippen molar-refractivity contribution in [2.45, 2.75) is 0 Å². The maximum Gasteiger partial charge on any atom is 0.345 e. The average Bonchev–Trinajstić information content (AvgIpc) is 2.16. The van der Waals surface area contributed by atoms with Crippen LogP contribution in [-0.4, -0.2) is 5.96 Å². The van der Waals surface area contributed by atoms with Crippen LogP contribution in [0.1, 0.15) is 0 Å². The highest BCUT2D eigenvalue weighted by molar-refractivity contribution is 5.84. The molecule has 4 N–H and O–H groups in total. The third-order valence-corrected chi connectivity index (χ3v) is 1.90. The Labute approximate surface area is 85.0 Å². The fourth-order valence-corrected chi connectivity index (χ4v) is 1.30. The van der Waals surface area contributed by atoms with Gasteiger partial charge in [-0.2, -0.15) is 4.99 Å². The van der Waals surface area contributed by atoms with Gasteiger partial charge in [-0.15, -0.1) is 0 Å². The molecule has 15 heavy (non-hydrogen) atoms. The average molecular weight is 203 g/mol. The van der Waals surface area contributed by atoms with Crippen molar-refractivity contribution in [1.82, 2.24) is 0 Å². The van der Waals surface area contributed by atoms with Crippen LogP contribution in [0.25, 0.3) is 10.8 Å². The van der Waals surface area contributed by atoms with Gasteiger partial charge in [-0.25, -0.2) is 4.79 Å². The summed E-state index contributed by atoms with van der Waals surface area (Å²) in [6, 6.07) is 8.66. The van der Waals surface area contributed by atoms with Crippen LogP contribution in [-0.2, 0) is 0 Å². The SMILES string of the molecule is NC(N)=Nc1cc2ccccc2c(=O)o1. The van der Waals surface area contributed by atoms with E-state index in [4.69, 9.17) is 15.9 Å². The van der Waals surface area contributed by atoms with Gasteiger partial charge in [0.2, 0.25) is 5.88 Å². The summed E-state index contributed by atoms with van der Waals surface area (Å²) in [7, 11) is 0. The van der Waals surface area contributed by atoms with Crippen molar-refractivity contribution in [2.24, 2.45) is 16.5 Å². The number of fused-ring (bicyclic) bond motifs is 1. The lowest BCUT2D eigenvalue weighted by atomic mass is 10.2. The number of hydrogen-bond donors (Lipinski definition) is 2. The highest BCUT2D eigenvalue weighted by Crippen LogP contribution is 2.16. The number of guanidine groups is 1. The van der Waals surface area contributed by atoms with Crippen molar-refractivity contribution in [3.05, 3.63) is 40.8 Å². The van der Waals surface area contributed by atoms with Gasteiger partial charge in [-0.05, 0) is 11.5 Å². The molecule has 0 saturated heterocycles. The van der Waals surface area contributed by atoms with E-state index >= 15 is 0 Å². The monoisotopic (exact) mass is 203 g/mol. The Balaban J connectivity index is 2.73. The fourth-order valence-electron chi connectivity index (χ4n) is 1.30. The summed E-state index contributed by atoms with van der Waals surface area (Å²) in [6.07, 6.45) is 0. The van der Waals surface area contributed by atoms with E-state index in [2.05, 4.69) is 4.99 Å². The van der Waals surface area contributed by atoms with E-state index in [1.54, 1.807) is 24.3 Å². The first-order valence-electron chi connectivity index (χ1n) is 4.29. The zero-order chi connectivity index (χ0) is 10.8. The molecule has 5 nitrogen and oxygen atoms in total. The maximum atomic E-state index is 11.5. The zero-order valence-electron chi connectivity index (χ0n) is 7.81. The minimum Gasteiger partial charge on any atom is -0.404 e. The van der Waals surface area contributed by atoms with Crippen molar-refractivity contribution in [2.75, 3.05) is 0 Å². The molecule has 0 unspecified atom stereocenters. The molecule has 5 heteroatoms. The van der Waals surface area contributed by atoms with Gasteiger partial charge in [0.25, 0.3) is 0 Å². The first kappa shape index (κ1) is 9.26. The van der Waals surface area contributed by atoms with Gasteiger partial charge >= 0.3 is 5.63 Å². The first-order valence-corrected chi connectivity index (χ1v) is 4.29. The largest absolute Gasteiger partial charge is 0.404 e.